The molecule has 0 atom stereocenters. The molecule has 0 heterocycles. The van der Waals surface area contributed by atoms with Crippen molar-refractivity contribution in [1.29, 1.82) is 0 Å². The highest BCUT2D eigenvalue weighted by molar-refractivity contribution is 6.17. The fourth-order valence-electron chi connectivity index (χ4n) is 1.12. The molecule has 0 aliphatic carbocycles. The summed E-state index contributed by atoms with van der Waals surface area (Å²) in [5, 5.41) is 0. The van der Waals surface area contributed by atoms with Gasteiger partial charge in [0.1, 0.15) is 0 Å². The fraction of sp³-hybridized carbons (Fsp3) is 0.538. The standard InChI is InChI=1S/C13H21Cl/c1-2-3-4-5-6-7-8-9-10-11-12-13-14/h2-7H,8-13H2,1H3/b3-2+,5-4-,7-6+. The van der Waals surface area contributed by atoms with Gasteiger partial charge in [0, 0.05) is 5.88 Å². The van der Waals surface area contributed by atoms with Crippen molar-refractivity contribution in [2.45, 2.75) is 39.0 Å². The van der Waals surface area contributed by atoms with E-state index in [1.165, 1.54) is 25.7 Å². The quantitative estimate of drug-likeness (QED) is 0.306. The summed E-state index contributed by atoms with van der Waals surface area (Å²) in [6.45, 7) is 2.02. The van der Waals surface area contributed by atoms with Crippen LogP contribution in [0.1, 0.15) is 39.0 Å². The van der Waals surface area contributed by atoms with Gasteiger partial charge in [-0.05, 0) is 26.2 Å². The van der Waals surface area contributed by atoms with Gasteiger partial charge in [-0.1, -0.05) is 49.3 Å². The topological polar surface area (TPSA) is 0 Å². The molecule has 80 valence electrons. The Balaban J connectivity index is 3.18. The number of alkyl halides is 1. The lowest BCUT2D eigenvalue weighted by molar-refractivity contribution is 0.677. The Hall–Kier alpha value is -0.490. The van der Waals surface area contributed by atoms with Crippen molar-refractivity contribution in [3.63, 3.8) is 0 Å². The van der Waals surface area contributed by atoms with E-state index in [1.807, 2.05) is 25.2 Å². The zero-order valence-corrected chi connectivity index (χ0v) is 9.84. The van der Waals surface area contributed by atoms with Gasteiger partial charge in [0.05, 0.1) is 0 Å². The van der Waals surface area contributed by atoms with E-state index in [0.29, 0.717) is 0 Å². The van der Waals surface area contributed by atoms with E-state index < -0.39 is 0 Å². The summed E-state index contributed by atoms with van der Waals surface area (Å²) in [5.41, 5.74) is 0. The van der Waals surface area contributed by atoms with Crippen molar-refractivity contribution in [3.05, 3.63) is 36.5 Å². The van der Waals surface area contributed by atoms with Crippen LogP contribution in [0.3, 0.4) is 0 Å². The molecule has 1 heteroatoms. The van der Waals surface area contributed by atoms with Crippen molar-refractivity contribution in [1.82, 2.24) is 0 Å². The van der Waals surface area contributed by atoms with Crippen LogP contribution < -0.4 is 0 Å². The van der Waals surface area contributed by atoms with Crippen molar-refractivity contribution < 1.29 is 0 Å². The molecule has 14 heavy (non-hydrogen) atoms. The molecule has 0 spiro atoms. The summed E-state index contributed by atoms with van der Waals surface area (Å²) in [6.07, 6.45) is 18.7. The molecule has 0 bridgehead atoms. The lowest BCUT2D eigenvalue weighted by Crippen LogP contribution is -1.77. The van der Waals surface area contributed by atoms with Gasteiger partial charge < -0.3 is 0 Å². The normalized spacial score (nSPS) is 12.4. The zero-order chi connectivity index (χ0) is 10.5. The Morgan fingerprint density at radius 3 is 2.29 bits per heavy atom. The molecule has 0 saturated carbocycles. The van der Waals surface area contributed by atoms with Crippen LogP contribution in [-0.4, -0.2) is 5.88 Å². The second-order valence-electron chi connectivity index (χ2n) is 3.23. The van der Waals surface area contributed by atoms with Crippen LogP contribution in [0.2, 0.25) is 0 Å². The molecule has 0 aliphatic heterocycles. The van der Waals surface area contributed by atoms with Gasteiger partial charge in [-0.15, -0.1) is 11.6 Å². The molecular formula is C13H21Cl. The first kappa shape index (κ1) is 13.5. The molecule has 0 aromatic heterocycles. The van der Waals surface area contributed by atoms with Gasteiger partial charge in [0.25, 0.3) is 0 Å². The second kappa shape index (κ2) is 12.5. The first-order valence-electron chi connectivity index (χ1n) is 5.42. The van der Waals surface area contributed by atoms with E-state index >= 15 is 0 Å². The number of unbranched alkanes of at least 4 members (excludes halogenated alkanes) is 4. The molecule has 0 rings (SSSR count). The Kier molecular flexibility index (Phi) is 12.1. The van der Waals surface area contributed by atoms with Gasteiger partial charge in [-0.2, -0.15) is 0 Å². The van der Waals surface area contributed by atoms with Crippen LogP contribution in [0, 0.1) is 0 Å². The van der Waals surface area contributed by atoms with Crippen LogP contribution in [0.15, 0.2) is 36.5 Å². The molecule has 0 unspecified atom stereocenters. The molecule has 0 amide bonds. The molecule has 0 aliphatic rings. The summed E-state index contributed by atoms with van der Waals surface area (Å²) in [7, 11) is 0. The lowest BCUT2D eigenvalue weighted by Gasteiger charge is -1.94. The molecule has 0 aromatic rings. The Morgan fingerprint density at radius 1 is 0.857 bits per heavy atom. The number of rotatable bonds is 8. The van der Waals surface area contributed by atoms with Gasteiger partial charge in [-0.3, -0.25) is 0 Å². The molecule has 0 aromatic carbocycles. The summed E-state index contributed by atoms with van der Waals surface area (Å²) < 4.78 is 0. The van der Waals surface area contributed by atoms with Crippen molar-refractivity contribution in [2.75, 3.05) is 5.88 Å². The molecular weight excluding hydrogens is 192 g/mol. The number of hydrogen-bond donors (Lipinski definition) is 0. The maximum Gasteiger partial charge on any atom is 0.0223 e. The minimum atomic E-state index is 0.807. The SMILES string of the molecule is C/C=C/C=C\C=C\CCCCCCCl. The van der Waals surface area contributed by atoms with Gasteiger partial charge in [0.15, 0.2) is 0 Å². The van der Waals surface area contributed by atoms with E-state index in [0.717, 1.165) is 12.3 Å². The lowest BCUT2D eigenvalue weighted by atomic mass is 10.1. The highest BCUT2D eigenvalue weighted by Crippen LogP contribution is 2.04. The fourth-order valence-corrected chi connectivity index (χ4v) is 1.31. The predicted octanol–water partition coefficient (Wildman–Crippen LogP) is 4.86. The van der Waals surface area contributed by atoms with Crippen LogP contribution in [0.25, 0.3) is 0 Å². The summed E-state index contributed by atoms with van der Waals surface area (Å²) in [4.78, 5) is 0. The third-order valence-corrected chi connectivity index (χ3v) is 2.18. The van der Waals surface area contributed by atoms with Crippen LogP contribution in [0.5, 0.6) is 0 Å². The molecule has 0 radical (unpaired) electrons. The smallest absolute Gasteiger partial charge is 0.0223 e. The third-order valence-electron chi connectivity index (χ3n) is 1.92. The largest absolute Gasteiger partial charge is 0.127 e. The summed E-state index contributed by atoms with van der Waals surface area (Å²) in [6, 6.07) is 0. The first-order valence-corrected chi connectivity index (χ1v) is 5.95. The molecule has 0 fully saturated rings. The van der Waals surface area contributed by atoms with Crippen molar-refractivity contribution in [2.24, 2.45) is 0 Å². The summed E-state index contributed by atoms with van der Waals surface area (Å²) in [5.74, 6) is 0.807. The van der Waals surface area contributed by atoms with Crippen LogP contribution >= 0.6 is 11.6 Å². The second-order valence-corrected chi connectivity index (χ2v) is 3.61. The minimum Gasteiger partial charge on any atom is -0.127 e. The number of allylic oxidation sites excluding steroid dienone is 6. The van der Waals surface area contributed by atoms with Gasteiger partial charge in [-0.25, -0.2) is 0 Å². The Bertz CT molecular complexity index is 178. The number of halogens is 1. The molecule has 0 saturated heterocycles. The highest BCUT2D eigenvalue weighted by atomic mass is 35.5. The van der Waals surface area contributed by atoms with Crippen molar-refractivity contribution >= 4 is 11.6 Å². The summed E-state index contributed by atoms with van der Waals surface area (Å²) >= 11 is 5.58. The van der Waals surface area contributed by atoms with Crippen molar-refractivity contribution in [3.8, 4) is 0 Å². The molecule has 0 nitrogen and oxygen atoms in total. The predicted molar refractivity (Wildman–Crippen MR) is 66.9 cm³/mol. The average molecular weight is 213 g/mol. The monoisotopic (exact) mass is 212 g/mol. The third kappa shape index (κ3) is 11.5. The van der Waals surface area contributed by atoms with E-state index in [1.54, 1.807) is 0 Å². The van der Waals surface area contributed by atoms with E-state index in [2.05, 4.69) is 18.2 Å². The molecule has 0 N–H and O–H groups in total. The van der Waals surface area contributed by atoms with Crippen LogP contribution in [-0.2, 0) is 0 Å². The van der Waals surface area contributed by atoms with E-state index in [4.69, 9.17) is 11.6 Å². The average Bonchev–Trinajstić information content (AvgIpc) is 2.21. The first-order chi connectivity index (χ1) is 6.91. The van der Waals surface area contributed by atoms with Gasteiger partial charge >= 0.3 is 0 Å². The zero-order valence-electron chi connectivity index (χ0n) is 9.08. The highest BCUT2D eigenvalue weighted by Gasteiger charge is 1.86. The number of hydrogen-bond acceptors (Lipinski definition) is 0. The maximum atomic E-state index is 5.58. The Morgan fingerprint density at radius 2 is 1.57 bits per heavy atom. The van der Waals surface area contributed by atoms with E-state index in [9.17, 15) is 0 Å². The Labute approximate surface area is 93.4 Å². The minimum absolute atomic E-state index is 0.807. The van der Waals surface area contributed by atoms with E-state index in [-0.39, 0.29) is 0 Å². The maximum absolute atomic E-state index is 5.58. The van der Waals surface area contributed by atoms with Crippen LogP contribution in [0.4, 0.5) is 0 Å². The van der Waals surface area contributed by atoms with Gasteiger partial charge in [0.2, 0.25) is 0 Å².